The molecule has 1 N–H and O–H groups in total. The summed E-state index contributed by atoms with van der Waals surface area (Å²) in [5.41, 5.74) is 2.87. The van der Waals surface area contributed by atoms with Crippen LogP contribution in [-0.2, 0) is 0 Å². The smallest absolute Gasteiger partial charge is 0.261 e. The van der Waals surface area contributed by atoms with Crippen molar-refractivity contribution >= 4 is 22.6 Å². The van der Waals surface area contributed by atoms with Crippen molar-refractivity contribution in [2.75, 3.05) is 12.4 Å². The van der Waals surface area contributed by atoms with Crippen LogP contribution in [0.4, 0.5) is 10.1 Å². The molecule has 0 aliphatic carbocycles. The van der Waals surface area contributed by atoms with Gasteiger partial charge in [0.05, 0.1) is 18.8 Å². The van der Waals surface area contributed by atoms with E-state index in [2.05, 4.69) is 15.3 Å². The number of rotatable bonds is 7. The lowest BCUT2D eigenvalue weighted by atomic mass is 10.00. The van der Waals surface area contributed by atoms with Gasteiger partial charge in [0.2, 0.25) is 5.43 Å². The van der Waals surface area contributed by atoms with E-state index in [1.54, 1.807) is 74.2 Å². The molecule has 0 unspecified atom stereocenters. The van der Waals surface area contributed by atoms with Gasteiger partial charge in [-0.05, 0) is 62.7 Å². The predicted molar refractivity (Wildman–Crippen MR) is 152 cm³/mol. The zero-order valence-electron chi connectivity index (χ0n) is 22.4. The van der Waals surface area contributed by atoms with Gasteiger partial charge >= 0.3 is 0 Å². The molecule has 9 heteroatoms. The first-order valence-corrected chi connectivity index (χ1v) is 12.6. The fourth-order valence-electron chi connectivity index (χ4n) is 4.49. The fourth-order valence-corrected chi connectivity index (χ4v) is 4.49. The van der Waals surface area contributed by atoms with E-state index in [1.165, 1.54) is 12.1 Å². The summed E-state index contributed by atoms with van der Waals surface area (Å²) in [4.78, 5) is 35.5. The van der Waals surface area contributed by atoms with Gasteiger partial charge < -0.3 is 19.4 Å². The largest absolute Gasteiger partial charge is 0.495 e. The molecule has 0 radical (unpaired) electrons. The van der Waals surface area contributed by atoms with Crippen LogP contribution < -0.4 is 20.2 Å². The van der Waals surface area contributed by atoms with Crippen LogP contribution in [-0.4, -0.2) is 27.6 Å². The number of pyridine rings is 3. The van der Waals surface area contributed by atoms with E-state index in [1.807, 2.05) is 25.3 Å². The number of carbonyl (C=O) groups excluding carboxylic acids is 1. The molecule has 40 heavy (non-hydrogen) atoms. The number of halogens is 1. The lowest BCUT2D eigenvalue weighted by molar-refractivity contribution is 0.102. The zero-order chi connectivity index (χ0) is 28.4. The van der Waals surface area contributed by atoms with Crippen molar-refractivity contribution in [2.24, 2.45) is 0 Å². The van der Waals surface area contributed by atoms with Crippen LogP contribution in [0, 0.1) is 12.7 Å². The second-order valence-electron chi connectivity index (χ2n) is 9.47. The monoisotopic (exact) mass is 538 g/mol. The molecular formula is C31H27FN4O4. The predicted octanol–water partition coefficient (Wildman–Crippen LogP) is 6.54. The topological polar surface area (TPSA) is 95.3 Å². The van der Waals surface area contributed by atoms with Crippen LogP contribution in [0.1, 0.15) is 35.9 Å². The molecule has 3 heterocycles. The third-order valence-electron chi connectivity index (χ3n) is 6.51. The Balaban J connectivity index is 1.40. The summed E-state index contributed by atoms with van der Waals surface area (Å²) in [6.07, 6.45) is 4.78. The highest BCUT2D eigenvalue weighted by Gasteiger charge is 2.20. The van der Waals surface area contributed by atoms with E-state index < -0.39 is 17.2 Å². The third kappa shape index (κ3) is 5.26. The van der Waals surface area contributed by atoms with Crippen molar-refractivity contribution in [3.63, 3.8) is 0 Å². The maximum atomic E-state index is 13.5. The van der Waals surface area contributed by atoms with Gasteiger partial charge in [0, 0.05) is 47.5 Å². The summed E-state index contributed by atoms with van der Waals surface area (Å²) >= 11 is 0. The number of carbonyl (C=O) groups is 1. The van der Waals surface area contributed by atoms with E-state index in [-0.39, 0.29) is 11.6 Å². The molecule has 8 nitrogen and oxygen atoms in total. The Morgan fingerprint density at radius 1 is 1.00 bits per heavy atom. The van der Waals surface area contributed by atoms with Crippen LogP contribution in [0.25, 0.3) is 22.2 Å². The lowest BCUT2D eigenvalue weighted by Gasteiger charge is -2.20. The van der Waals surface area contributed by atoms with Crippen LogP contribution in [0.15, 0.2) is 84.0 Å². The van der Waals surface area contributed by atoms with E-state index in [9.17, 15) is 14.0 Å². The molecule has 5 rings (SSSR count). The van der Waals surface area contributed by atoms with Crippen molar-refractivity contribution in [3.05, 3.63) is 107 Å². The number of nitrogens with one attached hydrogen (secondary N) is 1. The molecule has 0 saturated heterocycles. The molecule has 0 spiro atoms. The summed E-state index contributed by atoms with van der Waals surface area (Å²) in [6.45, 7) is 5.74. The van der Waals surface area contributed by atoms with Gasteiger partial charge in [0.15, 0.2) is 5.75 Å². The number of ether oxygens (including phenoxy) is 2. The molecule has 0 fully saturated rings. The molecule has 0 bridgehead atoms. The van der Waals surface area contributed by atoms with Crippen LogP contribution >= 0.6 is 0 Å². The van der Waals surface area contributed by atoms with Crippen molar-refractivity contribution in [2.45, 2.75) is 26.8 Å². The van der Waals surface area contributed by atoms with E-state index in [4.69, 9.17) is 9.47 Å². The number of methoxy groups -OCH3 is 1. The normalized spacial score (nSPS) is 11.1. The van der Waals surface area contributed by atoms with Gasteiger partial charge in [0.25, 0.3) is 5.91 Å². The summed E-state index contributed by atoms with van der Waals surface area (Å²) in [5.74, 6) is 0.692. The van der Waals surface area contributed by atoms with Crippen molar-refractivity contribution in [1.82, 2.24) is 14.5 Å². The molecule has 3 aromatic heterocycles. The Bertz CT molecular complexity index is 1760. The Kier molecular flexibility index (Phi) is 7.29. The summed E-state index contributed by atoms with van der Waals surface area (Å²) in [7, 11) is 1.56. The van der Waals surface area contributed by atoms with Gasteiger partial charge in [-0.1, -0.05) is 12.1 Å². The van der Waals surface area contributed by atoms with Gasteiger partial charge in [-0.15, -0.1) is 0 Å². The quantitative estimate of drug-likeness (QED) is 0.253. The molecule has 1 amide bonds. The highest BCUT2D eigenvalue weighted by Crippen LogP contribution is 2.30. The molecule has 0 saturated carbocycles. The minimum atomic E-state index is -0.547. The number of hydrogen-bond acceptors (Lipinski definition) is 6. The third-order valence-corrected chi connectivity index (χ3v) is 6.51. The maximum Gasteiger partial charge on any atom is 0.261 e. The zero-order valence-corrected chi connectivity index (χ0v) is 22.4. The Hall–Kier alpha value is -5.05. The van der Waals surface area contributed by atoms with Gasteiger partial charge in [-0.25, -0.2) is 9.37 Å². The van der Waals surface area contributed by atoms with E-state index in [0.717, 1.165) is 0 Å². The van der Waals surface area contributed by atoms with Crippen molar-refractivity contribution in [1.29, 1.82) is 0 Å². The number of fused-ring (bicyclic) bond motifs is 1. The molecule has 202 valence electrons. The summed E-state index contributed by atoms with van der Waals surface area (Å²) in [6, 6.07) is 15.9. The van der Waals surface area contributed by atoms with Gasteiger partial charge in [0.1, 0.15) is 28.4 Å². The Morgan fingerprint density at radius 3 is 2.40 bits per heavy atom. The second-order valence-corrected chi connectivity index (χ2v) is 9.47. The molecule has 2 aromatic carbocycles. The average Bonchev–Trinajstić information content (AvgIpc) is 2.94. The number of nitrogens with zero attached hydrogens (tertiary/aromatic N) is 3. The molecule has 5 aromatic rings. The standard InChI is InChI=1S/C31H27FN4O4/c1-18(2)36-17-25(30(37)28(19(36)3)20-5-7-21(32)8-6-20)31(38)35-22-9-11-23(12-10-22)40-27-13-14-33-26-15-24(39-4)16-34-29(26)27/h5-18H,1-4H3,(H,35,38). The van der Waals surface area contributed by atoms with Crippen LogP contribution in [0.2, 0.25) is 0 Å². The van der Waals surface area contributed by atoms with Gasteiger partial charge in [-0.2, -0.15) is 0 Å². The van der Waals surface area contributed by atoms with E-state index in [0.29, 0.717) is 50.8 Å². The molecule has 0 aliphatic heterocycles. The van der Waals surface area contributed by atoms with Crippen LogP contribution in [0.5, 0.6) is 17.2 Å². The minimum Gasteiger partial charge on any atom is -0.495 e. The van der Waals surface area contributed by atoms with Crippen LogP contribution in [0.3, 0.4) is 0 Å². The minimum absolute atomic E-state index is 0.0105. The van der Waals surface area contributed by atoms with Crippen molar-refractivity contribution in [3.8, 4) is 28.4 Å². The fraction of sp³-hybridized carbons (Fsp3) is 0.161. The number of aromatic nitrogens is 3. The summed E-state index contributed by atoms with van der Waals surface area (Å²) in [5, 5.41) is 2.80. The Labute approximate surface area is 230 Å². The Morgan fingerprint density at radius 2 is 1.73 bits per heavy atom. The highest BCUT2D eigenvalue weighted by atomic mass is 19.1. The first-order chi connectivity index (χ1) is 19.2. The average molecular weight is 539 g/mol. The van der Waals surface area contributed by atoms with E-state index >= 15 is 0 Å². The second kappa shape index (κ2) is 11.0. The number of hydrogen-bond donors (Lipinski definition) is 1. The number of benzene rings is 2. The highest BCUT2D eigenvalue weighted by molar-refractivity contribution is 6.04. The number of amides is 1. The molecule has 0 atom stereocenters. The number of anilines is 1. The van der Waals surface area contributed by atoms with Crippen molar-refractivity contribution < 1.29 is 18.7 Å². The first kappa shape index (κ1) is 26.6. The SMILES string of the molecule is COc1cnc2c(Oc3ccc(NC(=O)c4cn(C(C)C)c(C)c(-c5ccc(F)cc5)c4=O)cc3)ccnc2c1. The lowest BCUT2D eigenvalue weighted by Crippen LogP contribution is -2.26. The molecule has 0 aliphatic rings. The maximum absolute atomic E-state index is 13.5. The summed E-state index contributed by atoms with van der Waals surface area (Å²) < 4.78 is 26.6. The molecular weight excluding hydrogens is 511 g/mol. The van der Waals surface area contributed by atoms with Gasteiger partial charge in [-0.3, -0.25) is 14.6 Å². The first-order valence-electron chi connectivity index (χ1n) is 12.6.